The Morgan fingerprint density at radius 1 is 1.29 bits per heavy atom. The lowest BCUT2D eigenvalue weighted by atomic mass is 10.0. The van der Waals surface area contributed by atoms with Crippen molar-refractivity contribution >= 4 is 21.7 Å². The van der Waals surface area contributed by atoms with E-state index in [1.807, 2.05) is 18.5 Å². The molecule has 2 rings (SSSR count). The Morgan fingerprint density at radius 3 is 2.52 bits per heavy atom. The Labute approximate surface area is 134 Å². The molecule has 0 aliphatic heterocycles. The molecule has 21 heavy (non-hydrogen) atoms. The van der Waals surface area contributed by atoms with Crippen LogP contribution >= 0.6 is 15.9 Å². The van der Waals surface area contributed by atoms with Crippen LogP contribution in [0.2, 0.25) is 0 Å². The van der Waals surface area contributed by atoms with Gasteiger partial charge in [0.2, 0.25) is 0 Å². The molecule has 1 N–H and O–H groups in total. The van der Waals surface area contributed by atoms with E-state index >= 15 is 0 Å². The van der Waals surface area contributed by atoms with Gasteiger partial charge in [-0.1, -0.05) is 20.8 Å². The quantitative estimate of drug-likeness (QED) is 0.884. The van der Waals surface area contributed by atoms with Gasteiger partial charge in [0.05, 0.1) is 15.9 Å². The first-order valence-electron chi connectivity index (χ1n) is 7.28. The lowest BCUT2D eigenvalue weighted by molar-refractivity contribution is 0.752. The molecule has 0 fully saturated rings. The lowest BCUT2D eigenvalue weighted by Gasteiger charge is -2.17. The van der Waals surface area contributed by atoms with Crippen LogP contribution in [0.4, 0.5) is 5.82 Å². The molecule has 2 heterocycles. The molecule has 5 nitrogen and oxygen atoms in total. The maximum Gasteiger partial charge on any atom is 0.162 e. The maximum atomic E-state index is 4.60. The summed E-state index contributed by atoms with van der Waals surface area (Å²) in [6.45, 7) is 11.4. The van der Waals surface area contributed by atoms with Crippen LogP contribution in [0.3, 0.4) is 0 Å². The van der Waals surface area contributed by atoms with E-state index in [1.54, 1.807) is 6.33 Å². The highest BCUT2D eigenvalue weighted by Crippen LogP contribution is 2.30. The summed E-state index contributed by atoms with van der Waals surface area (Å²) >= 11 is 3.58. The van der Waals surface area contributed by atoms with Gasteiger partial charge in [0.1, 0.15) is 12.1 Å². The summed E-state index contributed by atoms with van der Waals surface area (Å²) in [5, 5.41) is 7.99. The molecule has 0 aromatic carbocycles. The Kier molecular flexibility index (Phi) is 4.98. The van der Waals surface area contributed by atoms with Crippen molar-refractivity contribution in [1.29, 1.82) is 0 Å². The number of nitrogens with one attached hydrogen (secondary N) is 1. The Bertz CT molecular complexity index is 633. The molecule has 0 aliphatic rings. The van der Waals surface area contributed by atoms with Crippen LogP contribution in [0.1, 0.15) is 50.1 Å². The van der Waals surface area contributed by atoms with Gasteiger partial charge in [-0.05, 0) is 42.1 Å². The monoisotopic (exact) mass is 351 g/mol. The smallest absolute Gasteiger partial charge is 0.162 e. The van der Waals surface area contributed by atoms with Crippen molar-refractivity contribution in [1.82, 2.24) is 19.7 Å². The number of anilines is 1. The van der Waals surface area contributed by atoms with E-state index in [1.165, 1.54) is 0 Å². The highest BCUT2D eigenvalue weighted by Gasteiger charge is 2.19. The summed E-state index contributed by atoms with van der Waals surface area (Å²) in [4.78, 5) is 8.89. The van der Waals surface area contributed by atoms with Crippen molar-refractivity contribution in [3.05, 3.63) is 27.8 Å². The third kappa shape index (κ3) is 3.10. The van der Waals surface area contributed by atoms with Crippen LogP contribution in [0.5, 0.6) is 0 Å². The van der Waals surface area contributed by atoms with Crippen LogP contribution in [0, 0.1) is 13.8 Å². The molecular formula is C15H22BrN5. The largest absolute Gasteiger partial charge is 0.370 e. The van der Waals surface area contributed by atoms with Gasteiger partial charge in [-0.15, -0.1) is 0 Å². The van der Waals surface area contributed by atoms with Crippen molar-refractivity contribution in [2.75, 3.05) is 11.9 Å². The number of hydrogen-bond donors (Lipinski definition) is 1. The molecular weight excluding hydrogens is 330 g/mol. The molecule has 0 unspecified atom stereocenters. The third-order valence-electron chi connectivity index (χ3n) is 3.39. The zero-order valence-corrected chi connectivity index (χ0v) is 14.8. The average Bonchev–Trinajstić information content (AvgIpc) is 2.72. The first-order valence-corrected chi connectivity index (χ1v) is 8.07. The van der Waals surface area contributed by atoms with Crippen molar-refractivity contribution in [2.24, 2.45) is 0 Å². The van der Waals surface area contributed by atoms with Gasteiger partial charge >= 0.3 is 0 Å². The molecule has 2 aromatic rings. The maximum absolute atomic E-state index is 4.60. The molecule has 0 saturated heterocycles. The SMILES string of the molecule is CCCNc1ncnc(-n2nc(C)c(Br)c2C)c1C(C)C. The predicted molar refractivity (Wildman–Crippen MR) is 89.2 cm³/mol. The fraction of sp³-hybridized carbons (Fsp3) is 0.533. The van der Waals surface area contributed by atoms with Crippen LogP contribution in [0.25, 0.3) is 5.82 Å². The fourth-order valence-electron chi connectivity index (χ4n) is 2.30. The van der Waals surface area contributed by atoms with E-state index in [9.17, 15) is 0 Å². The molecule has 0 bridgehead atoms. The first kappa shape index (κ1) is 15.9. The van der Waals surface area contributed by atoms with Crippen LogP contribution in [-0.4, -0.2) is 26.3 Å². The van der Waals surface area contributed by atoms with Gasteiger partial charge in [0.15, 0.2) is 5.82 Å². The Morgan fingerprint density at radius 2 is 2.00 bits per heavy atom. The molecule has 114 valence electrons. The molecule has 0 amide bonds. The second-order valence-electron chi connectivity index (χ2n) is 5.44. The predicted octanol–water partition coefficient (Wildman–Crippen LogP) is 3.99. The van der Waals surface area contributed by atoms with Gasteiger partial charge in [0, 0.05) is 12.1 Å². The molecule has 6 heteroatoms. The fourth-order valence-corrected chi connectivity index (χ4v) is 2.55. The zero-order chi connectivity index (χ0) is 15.6. The summed E-state index contributed by atoms with van der Waals surface area (Å²) in [7, 11) is 0. The number of halogens is 1. The summed E-state index contributed by atoms with van der Waals surface area (Å²) < 4.78 is 2.92. The van der Waals surface area contributed by atoms with Crippen molar-refractivity contribution < 1.29 is 0 Å². The minimum atomic E-state index is 0.309. The van der Waals surface area contributed by atoms with Gasteiger partial charge in [-0.25, -0.2) is 14.6 Å². The van der Waals surface area contributed by atoms with Gasteiger partial charge in [0.25, 0.3) is 0 Å². The molecule has 0 aliphatic carbocycles. The van der Waals surface area contributed by atoms with E-state index in [0.29, 0.717) is 5.92 Å². The van der Waals surface area contributed by atoms with E-state index in [0.717, 1.165) is 46.0 Å². The Hall–Kier alpha value is -1.43. The van der Waals surface area contributed by atoms with Crippen LogP contribution in [0.15, 0.2) is 10.8 Å². The first-order chi connectivity index (χ1) is 9.97. The standard InChI is InChI=1S/C15H22BrN5/c1-6-7-17-14-12(9(2)3)15(19-8-18-14)21-11(5)13(16)10(4)20-21/h8-9H,6-7H2,1-5H3,(H,17,18,19). The Balaban J connectivity index is 2.59. The number of aromatic nitrogens is 4. The minimum absolute atomic E-state index is 0.309. The molecule has 2 aromatic heterocycles. The van der Waals surface area contributed by atoms with E-state index in [-0.39, 0.29) is 0 Å². The average molecular weight is 352 g/mol. The second kappa shape index (κ2) is 6.56. The summed E-state index contributed by atoms with van der Waals surface area (Å²) in [5.74, 6) is 2.06. The molecule has 0 atom stereocenters. The third-order valence-corrected chi connectivity index (χ3v) is 4.53. The highest BCUT2D eigenvalue weighted by atomic mass is 79.9. The van der Waals surface area contributed by atoms with E-state index in [2.05, 4.69) is 57.1 Å². The van der Waals surface area contributed by atoms with E-state index < -0.39 is 0 Å². The van der Waals surface area contributed by atoms with Crippen molar-refractivity contribution in [3.63, 3.8) is 0 Å². The number of hydrogen-bond acceptors (Lipinski definition) is 4. The molecule has 0 radical (unpaired) electrons. The normalized spacial score (nSPS) is 11.2. The highest BCUT2D eigenvalue weighted by molar-refractivity contribution is 9.10. The lowest BCUT2D eigenvalue weighted by Crippen LogP contribution is -2.13. The van der Waals surface area contributed by atoms with Gasteiger partial charge in [-0.2, -0.15) is 5.10 Å². The number of nitrogens with zero attached hydrogens (tertiary/aromatic N) is 4. The molecule has 0 spiro atoms. The number of aryl methyl sites for hydroxylation is 1. The topological polar surface area (TPSA) is 55.6 Å². The van der Waals surface area contributed by atoms with Crippen LogP contribution in [-0.2, 0) is 0 Å². The summed E-state index contributed by atoms with van der Waals surface area (Å²) in [6.07, 6.45) is 2.66. The van der Waals surface area contributed by atoms with Crippen molar-refractivity contribution in [3.8, 4) is 5.82 Å². The zero-order valence-electron chi connectivity index (χ0n) is 13.2. The van der Waals surface area contributed by atoms with Gasteiger partial charge < -0.3 is 5.32 Å². The summed E-state index contributed by atoms with van der Waals surface area (Å²) in [6, 6.07) is 0. The minimum Gasteiger partial charge on any atom is -0.370 e. The van der Waals surface area contributed by atoms with E-state index in [4.69, 9.17) is 0 Å². The van der Waals surface area contributed by atoms with Gasteiger partial charge in [-0.3, -0.25) is 0 Å². The molecule has 0 saturated carbocycles. The summed E-state index contributed by atoms with van der Waals surface area (Å²) in [5.41, 5.74) is 3.11. The van der Waals surface area contributed by atoms with Crippen molar-refractivity contribution in [2.45, 2.75) is 47.0 Å². The second-order valence-corrected chi connectivity index (χ2v) is 6.23. The van der Waals surface area contributed by atoms with Crippen LogP contribution < -0.4 is 5.32 Å². The number of rotatable bonds is 5.